The number of carboxylic acid groups (broad SMARTS) is 1. The largest absolute Gasteiger partial charge is 0.478 e. The van der Waals surface area contributed by atoms with E-state index in [1.54, 1.807) is 0 Å². The van der Waals surface area contributed by atoms with Crippen molar-refractivity contribution in [1.82, 2.24) is 9.59 Å². The SMILES string of the molecule is CC(=O)Nc1ccc(NC(=O)c2csnn2)c(C(=O)O)c1. The Morgan fingerprint density at radius 2 is 2.00 bits per heavy atom. The van der Waals surface area contributed by atoms with Crippen LogP contribution in [0, 0.1) is 0 Å². The molecule has 0 aliphatic rings. The van der Waals surface area contributed by atoms with Gasteiger partial charge in [-0.25, -0.2) is 4.79 Å². The predicted octanol–water partition coefficient (Wildman–Crippen LogP) is 1.45. The quantitative estimate of drug-likeness (QED) is 0.786. The van der Waals surface area contributed by atoms with E-state index in [4.69, 9.17) is 0 Å². The van der Waals surface area contributed by atoms with E-state index in [0.717, 1.165) is 11.5 Å². The molecule has 0 atom stereocenters. The summed E-state index contributed by atoms with van der Waals surface area (Å²) in [4.78, 5) is 34.1. The van der Waals surface area contributed by atoms with Crippen molar-refractivity contribution in [2.75, 3.05) is 10.6 Å². The molecule has 1 heterocycles. The second-order valence-electron chi connectivity index (χ2n) is 3.99. The lowest BCUT2D eigenvalue weighted by Gasteiger charge is -2.09. The van der Waals surface area contributed by atoms with Crippen LogP contribution in [0.15, 0.2) is 23.6 Å². The molecular formula is C12H10N4O4S. The fourth-order valence-electron chi connectivity index (χ4n) is 1.56. The molecule has 0 radical (unpaired) electrons. The highest BCUT2D eigenvalue weighted by Crippen LogP contribution is 2.21. The van der Waals surface area contributed by atoms with E-state index < -0.39 is 11.9 Å². The van der Waals surface area contributed by atoms with Crippen molar-refractivity contribution < 1.29 is 19.5 Å². The summed E-state index contributed by atoms with van der Waals surface area (Å²) in [6, 6.07) is 4.15. The van der Waals surface area contributed by atoms with Crippen molar-refractivity contribution in [3.63, 3.8) is 0 Å². The van der Waals surface area contributed by atoms with Crippen molar-refractivity contribution in [2.45, 2.75) is 6.92 Å². The molecule has 0 bridgehead atoms. The summed E-state index contributed by atoms with van der Waals surface area (Å²) in [7, 11) is 0. The molecule has 0 fully saturated rings. The Morgan fingerprint density at radius 1 is 1.24 bits per heavy atom. The fraction of sp³-hybridized carbons (Fsp3) is 0.0833. The maximum Gasteiger partial charge on any atom is 0.337 e. The van der Waals surface area contributed by atoms with Gasteiger partial charge in [0.15, 0.2) is 5.69 Å². The topological polar surface area (TPSA) is 121 Å². The minimum atomic E-state index is -1.23. The first-order valence-electron chi connectivity index (χ1n) is 5.70. The Hall–Kier alpha value is -2.81. The molecule has 1 aromatic heterocycles. The summed E-state index contributed by atoms with van der Waals surface area (Å²) in [6.45, 7) is 1.31. The Balaban J connectivity index is 2.28. The Kier molecular flexibility index (Phi) is 4.24. The second kappa shape index (κ2) is 6.09. The summed E-state index contributed by atoms with van der Waals surface area (Å²) < 4.78 is 3.56. The number of anilines is 2. The normalized spacial score (nSPS) is 9.95. The van der Waals surface area contributed by atoms with Crippen LogP contribution >= 0.6 is 11.5 Å². The van der Waals surface area contributed by atoms with E-state index >= 15 is 0 Å². The highest BCUT2D eigenvalue weighted by Gasteiger charge is 2.16. The number of rotatable bonds is 4. The predicted molar refractivity (Wildman–Crippen MR) is 75.6 cm³/mol. The van der Waals surface area contributed by atoms with Crippen LogP contribution in [0.2, 0.25) is 0 Å². The van der Waals surface area contributed by atoms with Gasteiger partial charge in [0.1, 0.15) is 0 Å². The zero-order chi connectivity index (χ0) is 15.4. The number of carbonyl (C=O) groups excluding carboxylic acids is 2. The molecule has 2 rings (SSSR count). The van der Waals surface area contributed by atoms with Crippen LogP contribution < -0.4 is 10.6 Å². The van der Waals surface area contributed by atoms with Crippen molar-refractivity contribution in [1.29, 1.82) is 0 Å². The maximum absolute atomic E-state index is 11.8. The van der Waals surface area contributed by atoms with Gasteiger partial charge in [-0.15, -0.1) is 5.10 Å². The first-order valence-corrected chi connectivity index (χ1v) is 6.54. The summed E-state index contributed by atoms with van der Waals surface area (Å²) in [5, 5.41) is 19.1. The Morgan fingerprint density at radius 3 is 2.57 bits per heavy atom. The molecule has 8 nitrogen and oxygen atoms in total. The maximum atomic E-state index is 11.8. The van der Waals surface area contributed by atoms with Crippen LogP contribution in [0.3, 0.4) is 0 Å². The smallest absolute Gasteiger partial charge is 0.337 e. The van der Waals surface area contributed by atoms with Crippen LogP contribution in [0.5, 0.6) is 0 Å². The summed E-state index contributed by atoms with van der Waals surface area (Å²) in [5.41, 5.74) is 0.392. The number of carbonyl (C=O) groups is 3. The standard InChI is InChI=1S/C12H10N4O4S/c1-6(17)13-7-2-3-9(8(4-7)12(19)20)14-11(18)10-5-21-16-15-10/h2-5H,1H3,(H,13,17)(H,14,18)(H,19,20). The van der Waals surface area contributed by atoms with Crippen LogP contribution in [0.1, 0.15) is 27.8 Å². The molecule has 0 saturated carbocycles. The molecule has 1 aromatic carbocycles. The molecular weight excluding hydrogens is 296 g/mol. The van der Waals surface area contributed by atoms with Crippen LogP contribution in [-0.4, -0.2) is 32.5 Å². The van der Waals surface area contributed by atoms with E-state index in [1.807, 2.05) is 0 Å². The summed E-state index contributed by atoms with van der Waals surface area (Å²) in [6.07, 6.45) is 0. The number of carboxylic acids is 1. The first-order chi connectivity index (χ1) is 9.97. The molecule has 9 heteroatoms. The number of nitrogens with one attached hydrogen (secondary N) is 2. The van der Waals surface area contributed by atoms with Gasteiger partial charge in [0, 0.05) is 18.0 Å². The Bertz CT molecular complexity index is 699. The second-order valence-corrected chi connectivity index (χ2v) is 4.60. The van der Waals surface area contributed by atoms with Gasteiger partial charge in [-0.1, -0.05) is 4.49 Å². The lowest BCUT2D eigenvalue weighted by molar-refractivity contribution is -0.114. The molecule has 0 aliphatic carbocycles. The van der Waals surface area contributed by atoms with Gasteiger partial charge in [0.05, 0.1) is 11.3 Å². The molecule has 2 amide bonds. The fourth-order valence-corrected chi connectivity index (χ4v) is 2.00. The molecule has 0 spiro atoms. The first kappa shape index (κ1) is 14.6. The molecule has 0 unspecified atom stereocenters. The van der Waals surface area contributed by atoms with Crippen molar-refractivity contribution in [2.24, 2.45) is 0 Å². The van der Waals surface area contributed by atoms with Gasteiger partial charge < -0.3 is 15.7 Å². The number of hydrogen-bond donors (Lipinski definition) is 3. The highest BCUT2D eigenvalue weighted by atomic mass is 32.1. The average molecular weight is 306 g/mol. The lowest BCUT2D eigenvalue weighted by atomic mass is 10.1. The van der Waals surface area contributed by atoms with Crippen LogP contribution in [0.4, 0.5) is 11.4 Å². The van der Waals surface area contributed by atoms with Gasteiger partial charge in [-0.3, -0.25) is 9.59 Å². The third kappa shape index (κ3) is 3.60. The number of aromatic nitrogens is 2. The number of amides is 2. The van der Waals surface area contributed by atoms with E-state index in [-0.39, 0.29) is 22.9 Å². The highest BCUT2D eigenvalue weighted by molar-refractivity contribution is 7.03. The third-order valence-corrected chi connectivity index (χ3v) is 2.92. The van der Waals surface area contributed by atoms with E-state index in [0.29, 0.717) is 5.69 Å². The minimum Gasteiger partial charge on any atom is -0.478 e. The number of aromatic carboxylic acids is 1. The van der Waals surface area contributed by atoms with Crippen LogP contribution in [0.25, 0.3) is 0 Å². The molecule has 2 aromatic rings. The molecule has 0 aliphatic heterocycles. The van der Waals surface area contributed by atoms with E-state index in [9.17, 15) is 19.5 Å². The average Bonchev–Trinajstić information content (AvgIpc) is 2.93. The van der Waals surface area contributed by atoms with Gasteiger partial charge in [-0.05, 0) is 29.7 Å². The molecule has 0 saturated heterocycles. The summed E-state index contributed by atoms with van der Waals surface area (Å²) in [5.74, 6) is -2.11. The zero-order valence-electron chi connectivity index (χ0n) is 10.8. The molecule has 3 N–H and O–H groups in total. The molecule has 108 valence electrons. The number of hydrogen-bond acceptors (Lipinski definition) is 6. The Labute approximate surface area is 123 Å². The van der Waals surface area contributed by atoms with Crippen molar-refractivity contribution in [3.8, 4) is 0 Å². The number of benzene rings is 1. The van der Waals surface area contributed by atoms with Gasteiger partial charge in [0.2, 0.25) is 5.91 Å². The summed E-state index contributed by atoms with van der Waals surface area (Å²) >= 11 is 1.01. The van der Waals surface area contributed by atoms with E-state index in [2.05, 4.69) is 20.2 Å². The van der Waals surface area contributed by atoms with Gasteiger partial charge in [0.25, 0.3) is 5.91 Å². The van der Waals surface area contributed by atoms with Gasteiger partial charge in [-0.2, -0.15) is 0 Å². The monoisotopic (exact) mass is 306 g/mol. The van der Waals surface area contributed by atoms with Crippen molar-refractivity contribution >= 4 is 40.7 Å². The number of nitrogens with zero attached hydrogens (tertiary/aromatic N) is 2. The van der Waals surface area contributed by atoms with E-state index in [1.165, 1.54) is 30.5 Å². The minimum absolute atomic E-state index is 0.0993. The van der Waals surface area contributed by atoms with Crippen molar-refractivity contribution in [3.05, 3.63) is 34.8 Å². The van der Waals surface area contributed by atoms with Crippen LogP contribution in [-0.2, 0) is 4.79 Å². The zero-order valence-corrected chi connectivity index (χ0v) is 11.6. The molecule has 21 heavy (non-hydrogen) atoms. The lowest BCUT2D eigenvalue weighted by Crippen LogP contribution is -2.16. The van der Waals surface area contributed by atoms with Gasteiger partial charge >= 0.3 is 5.97 Å². The third-order valence-electron chi connectivity index (χ3n) is 2.41.